The van der Waals surface area contributed by atoms with Crippen LogP contribution in [0, 0.1) is 6.92 Å². The number of carbonyl (C=O) groups is 1. The highest BCUT2D eigenvalue weighted by molar-refractivity contribution is 6.30. The van der Waals surface area contributed by atoms with Gasteiger partial charge in [-0.2, -0.15) is 0 Å². The van der Waals surface area contributed by atoms with Gasteiger partial charge in [-0.25, -0.2) is 4.98 Å². The number of halogens is 1. The van der Waals surface area contributed by atoms with Gasteiger partial charge in [0.2, 0.25) is 0 Å². The van der Waals surface area contributed by atoms with Gasteiger partial charge in [0.25, 0.3) is 0 Å². The molecule has 0 saturated heterocycles. The van der Waals surface area contributed by atoms with Crippen molar-refractivity contribution >= 4 is 23.4 Å². The van der Waals surface area contributed by atoms with Gasteiger partial charge in [0, 0.05) is 19.3 Å². The van der Waals surface area contributed by atoms with Gasteiger partial charge in [-0.15, -0.1) is 0 Å². The van der Waals surface area contributed by atoms with Crippen LogP contribution in [0.25, 0.3) is 0 Å². The van der Waals surface area contributed by atoms with Crippen molar-refractivity contribution in [2.45, 2.75) is 19.9 Å². The molecule has 21 heavy (non-hydrogen) atoms. The maximum absolute atomic E-state index is 10.8. The summed E-state index contributed by atoms with van der Waals surface area (Å²) in [6.07, 6.45) is 1.63. The first-order chi connectivity index (χ1) is 10.0. The lowest BCUT2D eigenvalue weighted by atomic mass is 10.1. The van der Waals surface area contributed by atoms with E-state index < -0.39 is 5.97 Å². The monoisotopic (exact) mass is 304 g/mol. The van der Waals surface area contributed by atoms with Crippen LogP contribution in [0.4, 0.5) is 5.82 Å². The summed E-state index contributed by atoms with van der Waals surface area (Å²) >= 11 is 5.85. The van der Waals surface area contributed by atoms with E-state index in [4.69, 9.17) is 16.7 Å². The fourth-order valence-corrected chi connectivity index (χ4v) is 2.09. The van der Waals surface area contributed by atoms with Crippen LogP contribution in [0.5, 0.6) is 0 Å². The van der Waals surface area contributed by atoms with Gasteiger partial charge in [0.05, 0.1) is 11.4 Å². The molecular weight excluding hydrogens is 288 g/mol. The highest BCUT2D eigenvalue weighted by Gasteiger charge is 2.11. The number of anilines is 1. The summed E-state index contributed by atoms with van der Waals surface area (Å²) in [5, 5.41) is 9.45. The second-order valence-corrected chi connectivity index (χ2v) is 5.32. The Balaban J connectivity index is 2.16. The molecule has 4 nitrogen and oxygen atoms in total. The highest BCUT2D eigenvalue weighted by atomic mass is 35.5. The average molecular weight is 305 g/mol. The number of nitrogens with zero attached hydrogens (tertiary/aromatic N) is 2. The Morgan fingerprint density at radius 1 is 1.24 bits per heavy atom. The van der Waals surface area contributed by atoms with Gasteiger partial charge >= 0.3 is 5.97 Å². The number of aromatic nitrogens is 1. The zero-order chi connectivity index (χ0) is 15.2. The molecule has 1 N–H and O–H groups in total. The van der Waals surface area contributed by atoms with Crippen molar-refractivity contribution in [1.29, 1.82) is 0 Å². The van der Waals surface area contributed by atoms with E-state index in [9.17, 15) is 4.79 Å². The predicted molar refractivity (Wildman–Crippen MR) is 83.7 cm³/mol. The van der Waals surface area contributed by atoms with Crippen molar-refractivity contribution < 1.29 is 9.90 Å². The van der Waals surface area contributed by atoms with Crippen molar-refractivity contribution in [3.63, 3.8) is 0 Å². The summed E-state index contributed by atoms with van der Waals surface area (Å²) in [5.41, 5.74) is 2.31. The number of carboxylic acid groups (broad SMARTS) is 1. The number of carboxylic acids is 1. The van der Waals surface area contributed by atoms with Crippen molar-refractivity contribution in [3.8, 4) is 0 Å². The smallest absolute Gasteiger partial charge is 0.305 e. The minimum absolute atomic E-state index is 0.0656. The van der Waals surface area contributed by atoms with Crippen molar-refractivity contribution in [1.82, 2.24) is 4.98 Å². The molecule has 0 radical (unpaired) electrons. The fraction of sp³-hybridized carbons (Fsp3) is 0.250. The first-order valence-corrected chi connectivity index (χ1v) is 7.06. The van der Waals surface area contributed by atoms with Crippen LogP contribution in [0.15, 0.2) is 42.6 Å². The second kappa shape index (κ2) is 7.09. The van der Waals surface area contributed by atoms with Crippen molar-refractivity contribution in [2.24, 2.45) is 0 Å². The third-order valence-electron chi connectivity index (χ3n) is 3.13. The second-order valence-electron chi connectivity index (χ2n) is 4.89. The largest absolute Gasteiger partial charge is 0.481 e. The van der Waals surface area contributed by atoms with E-state index in [1.54, 1.807) is 18.3 Å². The Morgan fingerprint density at radius 3 is 2.52 bits per heavy atom. The van der Waals surface area contributed by atoms with E-state index in [0.29, 0.717) is 18.1 Å². The minimum Gasteiger partial charge on any atom is -0.481 e. The van der Waals surface area contributed by atoms with Crippen LogP contribution < -0.4 is 4.90 Å². The molecule has 0 amide bonds. The minimum atomic E-state index is -0.821. The normalized spacial score (nSPS) is 10.4. The number of aryl methyl sites for hydroxylation is 1. The standard InChI is InChI=1S/C16H17ClN2O2/c1-12-2-4-13(5-3-12)11-19(9-8-16(20)21)15-7-6-14(17)10-18-15/h2-7,10H,8-9,11H2,1H3,(H,20,21). The Morgan fingerprint density at radius 2 is 1.95 bits per heavy atom. The molecule has 0 spiro atoms. The number of hydrogen-bond acceptors (Lipinski definition) is 3. The predicted octanol–water partition coefficient (Wildman–Crippen LogP) is 3.52. The summed E-state index contributed by atoms with van der Waals surface area (Å²) in [7, 11) is 0. The molecule has 0 bridgehead atoms. The quantitative estimate of drug-likeness (QED) is 0.887. The molecule has 0 aliphatic carbocycles. The topological polar surface area (TPSA) is 53.4 Å². The molecule has 2 aromatic rings. The molecule has 0 unspecified atom stereocenters. The summed E-state index contributed by atoms with van der Waals surface area (Å²) in [6, 6.07) is 11.7. The van der Waals surface area contributed by atoms with Crippen molar-refractivity contribution in [3.05, 3.63) is 58.7 Å². The van der Waals surface area contributed by atoms with Crippen LogP contribution in [0.1, 0.15) is 17.5 Å². The SMILES string of the molecule is Cc1ccc(CN(CCC(=O)O)c2ccc(Cl)cn2)cc1. The molecule has 1 aromatic heterocycles. The van der Waals surface area contributed by atoms with Crippen LogP contribution in [0.3, 0.4) is 0 Å². The van der Waals surface area contributed by atoms with Crippen LogP contribution >= 0.6 is 11.6 Å². The van der Waals surface area contributed by atoms with Gasteiger partial charge in [0.15, 0.2) is 0 Å². The molecule has 2 rings (SSSR count). The van der Waals surface area contributed by atoms with Crippen LogP contribution in [0.2, 0.25) is 5.02 Å². The number of pyridine rings is 1. The lowest BCUT2D eigenvalue weighted by molar-refractivity contribution is -0.136. The van der Waals surface area contributed by atoms with E-state index in [1.165, 1.54) is 5.56 Å². The molecule has 0 aliphatic heterocycles. The van der Waals surface area contributed by atoms with Gasteiger partial charge < -0.3 is 10.0 Å². The Kier molecular flexibility index (Phi) is 5.17. The third kappa shape index (κ3) is 4.76. The first-order valence-electron chi connectivity index (χ1n) is 6.68. The summed E-state index contributed by atoms with van der Waals surface area (Å²) < 4.78 is 0. The Bertz CT molecular complexity index is 597. The molecule has 0 fully saturated rings. The van der Waals surface area contributed by atoms with Gasteiger partial charge in [-0.05, 0) is 24.6 Å². The maximum Gasteiger partial charge on any atom is 0.305 e. The highest BCUT2D eigenvalue weighted by Crippen LogP contribution is 2.17. The average Bonchev–Trinajstić information content (AvgIpc) is 2.46. The molecule has 5 heteroatoms. The Labute approximate surface area is 129 Å². The zero-order valence-electron chi connectivity index (χ0n) is 11.8. The van der Waals surface area contributed by atoms with Gasteiger partial charge in [-0.1, -0.05) is 41.4 Å². The van der Waals surface area contributed by atoms with Gasteiger partial charge in [-0.3, -0.25) is 4.79 Å². The maximum atomic E-state index is 10.8. The summed E-state index contributed by atoms with van der Waals surface area (Å²) in [6.45, 7) is 3.05. The van der Waals surface area contributed by atoms with Crippen LogP contribution in [-0.2, 0) is 11.3 Å². The molecule has 1 aromatic carbocycles. The molecule has 0 atom stereocenters. The lowest BCUT2D eigenvalue weighted by Gasteiger charge is -2.23. The summed E-state index contributed by atoms with van der Waals surface area (Å²) in [4.78, 5) is 17.0. The molecule has 0 saturated carbocycles. The van der Waals surface area contributed by atoms with E-state index in [1.807, 2.05) is 36.1 Å². The first kappa shape index (κ1) is 15.3. The van der Waals surface area contributed by atoms with E-state index >= 15 is 0 Å². The lowest BCUT2D eigenvalue weighted by Crippen LogP contribution is -2.26. The Hall–Kier alpha value is -2.07. The molecule has 1 heterocycles. The number of rotatable bonds is 6. The number of aliphatic carboxylic acids is 1. The van der Waals surface area contributed by atoms with Crippen LogP contribution in [-0.4, -0.2) is 22.6 Å². The fourth-order valence-electron chi connectivity index (χ4n) is 1.97. The van der Waals surface area contributed by atoms with Gasteiger partial charge in [0.1, 0.15) is 5.82 Å². The molecular formula is C16H17ClN2O2. The molecule has 0 aliphatic rings. The third-order valence-corrected chi connectivity index (χ3v) is 3.35. The van der Waals surface area contributed by atoms with Crippen molar-refractivity contribution in [2.75, 3.05) is 11.4 Å². The number of hydrogen-bond donors (Lipinski definition) is 1. The summed E-state index contributed by atoms with van der Waals surface area (Å²) in [5.74, 6) is -0.0981. The van der Waals surface area contributed by atoms with E-state index in [0.717, 1.165) is 11.4 Å². The molecule has 110 valence electrons. The zero-order valence-corrected chi connectivity index (χ0v) is 12.5. The number of benzene rings is 1. The van der Waals surface area contributed by atoms with E-state index in [2.05, 4.69) is 4.98 Å². The van der Waals surface area contributed by atoms with E-state index in [-0.39, 0.29) is 6.42 Å².